The summed E-state index contributed by atoms with van der Waals surface area (Å²) in [6.45, 7) is 5.44. The van der Waals surface area contributed by atoms with Crippen LogP contribution in [0, 0.1) is 11.8 Å². The Morgan fingerprint density at radius 1 is 1.25 bits per heavy atom. The van der Waals surface area contributed by atoms with E-state index in [2.05, 4.69) is 39.0 Å². The van der Waals surface area contributed by atoms with E-state index in [1.54, 1.807) is 11.5 Å². The summed E-state index contributed by atoms with van der Waals surface area (Å²) in [7, 11) is 1.51. The maximum Gasteiger partial charge on any atom is 0.320 e. The van der Waals surface area contributed by atoms with E-state index in [-0.39, 0.29) is 30.9 Å². The summed E-state index contributed by atoms with van der Waals surface area (Å²) in [6, 6.07) is 0.529. The maximum absolute atomic E-state index is 11.3. The average molecular weight is 390 g/mol. The molecular weight excluding hydrogens is 364 g/mol. The lowest BCUT2D eigenvalue weighted by Gasteiger charge is -2.06. The Balaban J connectivity index is 2.10. The van der Waals surface area contributed by atoms with Crippen LogP contribution < -0.4 is 20.5 Å². The zero-order chi connectivity index (χ0) is 20.4. The van der Waals surface area contributed by atoms with Crippen molar-refractivity contribution >= 4 is 23.0 Å². The van der Waals surface area contributed by atoms with E-state index in [4.69, 9.17) is 19.9 Å². The molecule has 0 spiro atoms. The number of rotatable bonds is 10. The van der Waals surface area contributed by atoms with Crippen LogP contribution in [0.1, 0.15) is 26.7 Å². The molecule has 0 aliphatic heterocycles. The number of unbranched alkanes of at least 4 members (excludes halogenated alkanes) is 1. The van der Waals surface area contributed by atoms with Crippen LogP contribution in [-0.4, -0.2) is 58.9 Å². The first-order valence-corrected chi connectivity index (χ1v) is 9.13. The molecule has 0 saturated heterocycles. The number of nitrogens with zero attached hydrogens (tertiary/aromatic N) is 4. The molecule has 0 bridgehead atoms. The van der Waals surface area contributed by atoms with Crippen molar-refractivity contribution in [3.63, 3.8) is 0 Å². The summed E-state index contributed by atoms with van der Waals surface area (Å²) >= 11 is 0. The van der Waals surface area contributed by atoms with E-state index in [9.17, 15) is 4.79 Å². The second-order valence-corrected chi connectivity index (χ2v) is 5.71. The van der Waals surface area contributed by atoms with Gasteiger partial charge in [-0.2, -0.15) is 15.0 Å². The molecule has 152 valence electrons. The summed E-state index contributed by atoms with van der Waals surface area (Å²) in [5.41, 5.74) is 6.92. The Hall–Kier alpha value is -3.06. The van der Waals surface area contributed by atoms with Crippen molar-refractivity contribution in [1.29, 1.82) is 0 Å². The number of esters is 1. The lowest BCUT2D eigenvalue weighted by molar-refractivity contribution is -0.141. The normalized spacial score (nSPS) is 10.4. The highest BCUT2D eigenvalue weighted by Gasteiger charge is 2.17. The Bertz CT molecular complexity index is 855. The van der Waals surface area contributed by atoms with Gasteiger partial charge in [-0.15, -0.1) is 0 Å². The van der Waals surface area contributed by atoms with Crippen LogP contribution in [0.5, 0.6) is 12.0 Å². The minimum absolute atomic E-state index is 0.113. The Kier molecular flexibility index (Phi) is 8.30. The zero-order valence-corrected chi connectivity index (χ0v) is 16.4. The largest absolute Gasteiger partial charge is 0.468 e. The molecule has 0 aliphatic carbocycles. The molecule has 0 aromatic carbocycles. The quantitative estimate of drug-likeness (QED) is 0.343. The van der Waals surface area contributed by atoms with Gasteiger partial charge in [0, 0.05) is 0 Å². The summed E-state index contributed by atoms with van der Waals surface area (Å²) in [5, 5.41) is 2.89. The molecular formula is C18H26N6O4. The van der Waals surface area contributed by atoms with Crippen LogP contribution in [0.3, 0.4) is 0 Å². The van der Waals surface area contributed by atoms with Crippen LogP contribution in [-0.2, 0) is 16.1 Å². The fraction of sp³-hybridized carbons (Fsp3) is 0.556. The van der Waals surface area contributed by atoms with E-state index in [0.29, 0.717) is 36.9 Å². The van der Waals surface area contributed by atoms with E-state index < -0.39 is 0 Å². The van der Waals surface area contributed by atoms with Crippen LogP contribution in [0.15, 0.2) is 0 Å². The smallest absolute Gasteiger partial charge is 0.320 e. The van der Waals surface area contributed by atoms with E-state index in [0.717, 1.165) is 12.8 Å². The van der Waals surface area contributed by atoms with Gasteiger partial charge in [0.15, 0.2) is 17.0 Å². The number of ether oxygens (including phenoxy) is 3. The molecule has 0 unspecified atom stereocenters. The lowest BCUT2D eigenvalue weighted by atomic mass is 10.4. The van der Waals surface area contributed by atoms with Crippen molar-refractivity contribution in [2.75, 3.05) is 39.1 Å². The number of carbonyl (C=O) groups is 1. The standard InChI is InChI=1S/C18H26N6O4/c1-4-6-11-28-17-22-15(19)14-16(23-17)24(18(21-14)26-3)10-8-7-9-20-12-13(25)27-5-2/h20H,4-6,9-12H2,1-3H3,(H2,19,22,23). The van der Waals surface area contributed by atoms with E-state index in [1.807, 2.05) is 0 Å². The number of imidazole rings is 1. The molecule has 3 N–H and O–H groups in total. The summed E-state index contributed by atoms with van der Waals surface area (Å²) in [6.07, 6.45) is 1.90. The van der Waals surface area contributed by atoms with Crippen molar-refractivity contribution in [2.24, 2.45) is 0 Å². The van der Waals surface area contributed by atoms with Crippen molar-refractivity contribution in [2.45, 2.75) is 33.2 Å². The molecule has 2 heterocycles. The second kappa shape index (κ2) is 10.9. The van der Waals surface area contributed by atoms with E-state index in [1.165, 1.54) is 7.11 Å². The maximum atomic E-state index is 11.3. The number of anilines is 1. The minimum Gasteiger partial charge on any atom is -0.468 e. The third kappa shape index (κ3) is 5.72. The molecule has 10 nitrogen and oxygen atoms in total. The molecule has 2 aromatic rings. The molecule has 0 radical (unpaired) electrons. The monoisotopic (exact) mass is 390 g/mol. The number of hydrogen-bond acceptors (Lipinski definition) is 9. The summed E-state index contributed by atoms with van der Waals surface area (Å²) in [5.74, 6) is 5.83. The highest BCUT2D eigenvalue weighted by molar-refractivity contribution is 5.83. The van der Waals surface area contributed by atoms with Gasteiger partial charge in [0.2, 0.25) is 0 Å². The second-order valence-electron chi connectivity index (χ2n) is 5.71. The van der Waals surface area contributed by atoms with Gasteiger partial charge in [-0.3, -0.25) is 14.7 Å². The molecule has 2 aromatic heterocycles. The SMILES string of the molecule is CCCCOc1nc(N)c2nc(OC)n(CC#CCNCC(=O)OCC)c2n1. The first kappa shape index (κ1) is 21.2. The topological polar surface area (TPSA) is 126 Å². The highest BCUT2D eigenvalue weighted by Crippen LogP contribution is 2.25. The number of nitrogens with two attached hydrogens (primary N) is 1. The fourth-order valence-electron chi connectivity index (χ4n) is 2.29. The predicted molar refractivity (Wildman–Crippen MR) is 104 cm³/mol. The number of methoxy groups -OCH3 is 1. The molecule has 0 fully saturated rings. The lowest BCUT2D eigenvalue weighted by Crippen LogP contribution is -2.24. The predicted octanol–water partition coefficient (Wildman–Crippen LogP) is 0.752. The molecule has 0 aliphatic rings. The van der Waals surface area contributed by atoms with Gasteiger partial charge in [0.25, 0.3) is 6.01 Å². The zero-order valence-electron chi connectivity index (χ0n) is 16.4. The minimum atomic E-state index is -0.311. The van der Waals surface area contributed by atoms with Gasteiger partial charge < -0.3 is 19.9 Å². The highest BCUT2D eigenvalue weighted by atomic mass is 16.5. The molecule has 0 saturated carbocycles. The van der Waals surface area contributed by atoms with Gasteiger partial charge in [-0.05, 0) is 13.3 Å². The van der Waals surface area contributed by atoms with Crippen LogP contribution in [0.4, 0.5) is 5.82 Å². The molecule has 0 amide bonds. The van der Waals surface area contributed by atoms with Gasteiger partial charge in [-0.1, -0.05) is 25.2 Å². The Labute approximate surface area is 163 Å². The van der Waals surface area contributed by atoms with Crippen LogP contribution in [0.25, 0.3) is 11.2 Å². The Morgan fingerprint density at radius 3 is 2.79 bits per heavy atom. The first-order valence-electron chi connectivity index (χ1n) is 9.13. The van der Waals surface area contributed by atoms with Gasteiger partial charge in [-0.25, -0.2) is 0 Å². The fourth-order valence-corrected chi connectivity index (χ4v) is 2.29. The number of carbonyl (C=O) groups excluding carboxylic acids is 1. The van der Waals surface area contributed by atoms with Crippen LogP contribution in [0.2, 0.25) is 0 Å². The van der Waals surface area contributed by atoms with Crippen molar-refractivity contribution in [1.82, 2.24) is 24.8 Å². The van der Waals surface area contributed by atoms with Gasteiger partial charge in [0.1, 0.15) is 0 Å². The number of nitrogens with one attached hydrogen (secondary N) is 1. The van der Waals surface area contributed by atoms with Crippen molar-refractivity contribution in [3.05, 3.63) is 0 Å². The Morgan fingerprint density at radius 2 is 2.07 bits per heavy atom. The average Bonchev–Trinajstić information content (AvgIpc) is 3.03. The summed E-state index contributed by atoms with van der Waals surface area (Å²) in [4.78, 5) is 24.1. The third-order valence-corrected chi connectivity index (χ3v) is 3.63. The van der Waals surface area contributed by atoms with Gasteiger partial charge >= 0.3 is 12.0 Å². The van der Waals surface area contributed by atoms with Crippen molar-refractivity contribution in [3.8, 4) is 23.9 Å². The number of fused-ring (bicyclic) bond motifs is 1. The first-order chi connectivity index (χ1) is 13.6. The van der Waals surface area contributed by atoms with Crippen LogP contribution >= 0.6 is 0 Å². The molecule has 10 heteroatoms. The number of nitrogen functional groups attached to an aromatic ring is 1. The molecule has 2 rings (SSSR count). The van der Waals surface area contributed by atoms with Crippen molar-refractivity contribution < 1.29 is 19.0 Å². The third-order valence-electron chi connectivity index (χ3n) is 3.63. The molecule has 0 atom stereocenters. The number of aromatic nitrogens is 4. The van der Waals surface area contributed by atoms with E-state index >= 15 is 0 Å². The molecule has 28 heavy (non-hydrogen) atoms. The number of hydrogen-bond donors (Lipinski definition) is 2. The van der Waals surface area contributed by atoms with Gasteiger partial charge in [0.05, 0.1) is 40.0 Å². The summed E-state index contributed by atoms with van der Waals surface area (Å²) < 4.78 is 17.4.